The second kappa shape index (κ2) is 8.19. The number of anilines is 1. The summed E-state index contributed by atoms with van der Waals surface area (Å²) in [4.78, 5) is 16.9. The fourth-order valence-corrected chi connectivity index (χ4v) is 6.49. The Morgan fingerprint density at radius 3 is 2.57 bits per heavy atom. The Kier molecular flexibility index (Phi) is 5.84. The van der Waals surface area contributed by atoms with Gasteiger partial charge in [-0.2, -0.15) is 0 Å². The molecule has 1 atom stereocenters. The van der Waals surface area contributed by atoms with E-state index in [-0.39, 0.29) is 35.2 Å². The molecule has 1 amide bonds. The number of morpholine rings is 1. The summed E-state index contributed by atoms with van der Waals surface area (Å²) in [6.07, 6.45) is 2.50. The minimum atomic E-state index is -3.01. The number of sulfone groups is 1. The number of carbonyl (C=O) groups excluding carboxylic acids is 1. The normalized spacial score (nSPS) is 24.5. The van der Waals surface area contributed by atoms with Crippen LogP contribution in [0.2, 0.25) is 0 Å². The molecule has 28 heavy (non-hydrogen) atoms. The topological polar surface area (TPSA) is 97.6 Å². The summed E-state index contributed by atoms with van der Waals surface area (Å²) in [6.45, 7) is 5.69. The minimum Gasteiger partial charge on any atom is -0.378 e. The Morgan fingerprint density at radius 2 is 1.96 bits per heavy atom. The molecule has 0 bridgehead atoms. The average molecular weight is 430 g/mol. The highest BCUT2D eigenvalue weighted by Crippen LogP contribution is 2.33. The van der Waals surface area contributed by atoms with Gasteiger partial charge in [0.25, 0.3) is 0 Å². The zero-order valence-corrected chi connectivity index (χ0v) is 17.8. The van der Waals surface area contributed by atoms with Crippen LogP contribution in [0.4, 0.5) is 5.95 Å². The molecule has 0 radical (unpaired) electrons. The van der Waals surface area contributed by atoms with Crippen molar-refractivity contribution in [1.82, 2.24) is 19.7 Å². The summed E-state index contributed by atoms with van der Waals surface area (Å²) >= 11 is 1.39. The molecule has 1 saturated carbocycles. The van der Waals surface area contributed by atoms with Crippen LogP contribution in [0, 0.1) is 0 Å². The van der Waals surface area contributed by atoms with Crippen LogP contribution in [-0.4, -0.2) is 89.6 Å². The molecule has 3 aliphatic rings. The van der Waals surface area contributed by atoms with Gasteiger partial charge < -0.3 is 14.5 Å². The fourth-order valence-electron chi connectivity index (χ4n) is 3.92. The van der Waals surface area contributed by atoms with Crippen LogP contribution in [0.25, 0.3) is 0 Å². The molecule has 1 unspecified atom stereocenters. The van der Waals surface area contributed by atoms with Gasteiger partial charge in [-0.3, -0.25) is 9.36 Å². The van der Waals surface area contributed by atoms with E-state index in [4.69, 9.17) is 4.74 Å². The highest BCUT2D eigenvalue weighted by Gasteiger charge is 2.42. The van der Waals surface area contributed by atoms with Crippen molar-refractivity contribution < 1.29 is 17.9 Å². The molecule has 1 aliphatic carbocycles. The van der Waals surface area contributed by atoms with Crippen LogP contribution in [0.15, 0.2) is 5.16 Å². The zero-order valence-electron chi connectivity index (χ0n) is 16.1. The Hall–Kier alpha value is -1.33. The first-order chi connectivity index (χ1) is 13.5. The fraction of sp³-hybridized carbons (Fsp3) is 0.824. The van der Waals surface area contributed by atoms with Crippen molar-refractivity contribution in [3.63, 3.8) is 0 Å². The Bertz CT molecular complexity index is 818. The number of carbonyl (C=O) groups is 1. The molecule has 0 N–H and O–H groups in total. The molecule has 1 aromatic heterocycles. The van der Waals surface area contributed by atoms with Crippen LogP contribution in [-0.2, 0) is 25.9 Å². The summed E-state index contributed by atoms with van der Waals surface area (Å²) in [5.41, 5.74) is 0. The maximum Gasteiger partial charge on any atom is 0.233 e. The van der Waals surface area contributed by atoms with Crippen LogP contribution in [0.1, 0.15) is 26.2 Å². The van der Waals surface area contributed by atoms with Crippen molar-refractivity contribution in [2.45, 2.75) is 50.0 Å². The first-order valence-electron chi connectivity index (χ1n) is 9.89. The maximum absolute atomic E-state index is 12.9. The predicted octanol–water partition coefficient (Wildman–Crippen LogP) is 0.405. The van der Waals surface area contributed by atoms with Gasteiger partial charge in [-0.15, -0.1) is 10.2 Å². The third kappa shape index (κ3) is 4.30. The number of hydrogen-bond acceptors (Lipinski definition) is 8. The lowest BCUT2D eigenvalue weighted by molar-refractivity contribution is -0.130. The maximum atomic E-state index is 12.9. The molecule has 156 valence electrons. The molecule has 11 heteroatoms. The molecular weight excluding hydrogens is 402 g/mol. The van der Waals surface area contributed by atoms with E-state index < -0.39 is 9.84 Å². The Labute approximate surface area is 169 Å². The van der Waals surface area contributed by atoms with E-state index >= 15 is 0 Å². The summed E-state index contributed by atoms with van der Waals surface area (Å²) in [5, 5.41) is 9.37. The van der Waals surface area contributed by atoms with Gasteiger partial charge in [-0.05, 0) is 26.2 Å². The summed E-state index contributed by atoms with van der Waals surface area (Å²) in [6, 6.07) is 0.0397. The van der Waals surface area contributed by atoms with E-state index in [9.17, 15) is 13.2 Å². The third-order valence-corrected chi connectivity index (χ3v) is 8.16. The van der Waals surface area contributed by atoms with Gasteiger partial charge >= 0.3 is 0 Å². The summed E-state index contributed by atoms with van der Waals surface area (Å²) < 4.78 is 31.1. The average Bonchev–Trinajstić information content (AvgIpc) is 3.32. The largest absolute Gasteiger partial charge is 0.378 e. The van der Waals surface area contributed by atoms with Gasteiger partial charge in [0, 0.05) is 31.7 Å². The molecule has 1 aromatic rings. The molecule has 3 fully saturated rings. The lowest BCUT2D eigenvalue weighted by Gasteiger charge is -2.28. The van der Waals surface area contributed by atoms with E-state index in [1.165, 1.54) is 11.8 Å². The second-order valence-electron chi connectivity index (χ2n) is 7.50. The van der Waals surface area contributed by atoms with Gasteiger partial charge in [-0.1, -0.05) is 11.8 Å². The summed E-state index contributed by atoms with van der Waals surface area (Å²) in [5.74, 6) is 1.38. The molecule has 2 aliphatic heterocycles. The number of nitrogens with zero attached hydrogens (tertiary/aromatic N) is 5. The van der Waals surface area contributed by atoms with Gasteiger partial charge in [0.2, 0.25) is 11.9 Å². The van der Waals surface area contributed by atoms with E-state index in [1.54, 1.807) is 0 Å². The minimum absolute atomic E-state index is 0.00757. The quantitative estimate of drug-likeness (QED) is 0.575. The van der Waals surface area contributed by atoms with Gasteiger partial charge in [0.15, 0.2) is 15.0 Å². The number of aromatic nitrogens is 3. The standard InChI is InChI=1S/C17H27N5O4S2/c1-2-21-16(20-6-8-26-9-7-20)18-19-17(21)27-11-15(23)22(13-3-4-13)14-5-10-28(24,25)12-14/h13-14H,2-12H2,1H3. The van der Waals surface area contributed by atoms with Gasteiger partial charge in [0.1, 0.15) is 0 Å². The first-order valence-corrected chi connectivity index (χ1v) is 12.7. The SMILES string of the molecule is CCn1c(SCC(=O)N(C2CC2)C2CCS(=O)(=O)C2)nnc1N1CCOCC1. The van der Waals surface area contributed by atoms with Gasteiger partial charge in [0.05, 0.1) is 30.5 Å². The molecule has 3 heterocycles. The number of rotatable bonds is 7. The molecule has 2 saturated heterocycles. The Morgan fingerprint density at radius 1 is 1.21 bits per heavy atom. The molecule has 4 rings (SSSR count). The van der Waals surface area contributed by atoms with Crippen molar-refractivity contribution >= 4 is 33.5 Å². The van der Waals surface area contributed by atoms with Crippen LogP contribution in [0.3, 0.4) is 0 Å². The van der Waals surface area contributed by atoms with Gasteiger partial charge in [-0.25, -0.2) is 8.42 Å². The van der Waals surface area contributed by atoms with E-state index in [0.29, 0.717) is 19.6 Å². The van der Waals surface area contributed by atoms with E-state index in [1.807, 2.05) is 16.4 Å². The molecule has 9 nitrogen and oxygen atoms in total. The molecule has 0 aromatic carbocycles. The first kappa shape index (κ1) is 20.0. The van der Waals surface area contributed by atoms with E-state index in [2.05, 4.69) is 15.1 Å². The highest BCUT2D eigenvalue weighted by atomic mass is 32.2. The number of ether oxygens (including phenoxy) is 1. The van der Waals surface area contributed by atoms with Crippen LogP contribution in [0.5, 0.6) is 0 Å². The molecular formula is C17H27N5O4S2. The highest BCUT2D eigenvalue weighted by molar-refractivity contribution is 7.99. The zero-order chi connectivity index (χ0) is 19.7. The summed E-state index contributed by atoms with van der Waals surface area (Å²) in [7, 11) is -3.01. The van der Waals surface area contributed by atoms with Crippen molar-refractivity contribution in [2.24, 2.45) is 0 Å². The van der Waals surface area contributed by atoms with Crippen molar-refractivity contribution in [3.05, 3.63) is 0 Å². The lowest BCUT2D eigenvalue weighted by Crippen LogP contribution is -2.43. The monoisotopic (exact) mass is 429 g/mol. The number of hydrogen-bond donors (Lipinski definition) is 0. The number of amides is 1. The van der Waals surface area contributed by atoms with Crippen molar-refractivity contribution in [3.8, 4) is 0 Å². The van der Waals surface area contributed by atoms with Crippen LogP contribution < -0.4 is 4.90 Å². The van der Waals surface area contributed by atoms with Crippen molar-refractivity contribution in [1.29, 1.82) is 0 Å². The van der Waals surface area contributed by atoms with Crippen LogP contribution >= 0.6 is 11.8 Å². The second-order valence-corrected chi connectivity index (χ2v) is 10.7. The van der Waals surface area contributed by atoms with Crippen molar-refractivity contribution in [2.75, 3.05) is 48.5 Å². The lowest BCUT2D eigenvalue weighted by atomic mass is 10.2. The predicted molar refractivity (Wildman–Crippen MR) is 106 cm³/mol. The Balaban J connectivity index is 1.42. The number of thioether (sulfide) groups is 1. The smallest absolute Gasteiger partial charge is 0.233 e. The molecule has 0 spiro atoms. The third-order valence-electron chi connectivity index (χ3n) is 5.46. The van der Waals surface area contributed by atoms with E-state index in [0.717, 1.165) is 43.6 Å².